The van der Waals surface area contributed by atoms with Crippen LogP contribution in [0.3, 0.4) is 0 Å². The van der Waals surface area contributed by atoms with E-state index >= 15 is 0 Å². The van der Waals surface area contributed by atoms with Crippen molar-refractivity contribution in [3.63, 3.8) is 0 Å². The van der Waals surface area contributed by atoms with Gasteiger partial charge in [0.05, 0.1) is 5.69 Å². The van der Waals surface area contributed by atoms with Crippen molar-refractivity contribution in [2.24, 2.45) is 0 Å². The van der Waals surface area contributed by atoms with Gasteiger partial charge < -0.3 is 10.5 Å². The molecule has 0 aliphatic heterocycles. The van der Waals surface area contributed by atoms with Gasteiger partial charge in [0.15, 0.2) is 17.3 Å². The summed E-state index contributed by atoms with van der Waals surface area (Å²) in [5.74, 6) is -2.59. The molecule has 0 spiro atoms. The fourth-order valence-electron chi connectivity index (χ4n) is 1.32. The summed E-state index contributed by atoms with van der Waals surface area (Å²) in [6.07, 6.45) is 0. The van der Waals surface area contributed by atoms with Crippen LogP contribution in [0.15, 0.2) is 28.7 Å². The lowest BCUT2D eigenvalue weighted by molar-refractivity contribution is 0.405. The van der Waals surface area contributed by atoms with Gasteiger partial charge in [0.2, 0.25) is 11.7 Å². The zero-order chi connectivity index (χ0) is 14.0. The first-order chi connectivity index (χ1) is 9.01. The number of nitriles is 1. The molecule has 0 saturated heterocycles. The zero-order valence-electron chi connectivity index (χ0n) is 9.32. The van der Waals surface area contributed by atoms with Crippen molar-refractivity contribution >= 4 is 21.6 Å². The molecule has 0 bridgehead atoms. The van der Waals surface area contributed by atoms with Gasteiger partial charge in [0.25, 0.3) is 0 Å². The Balaban J connectivity index is 2.39. The number of anilines is 1. The summed E-state index contributed by atoms with van der Waals surface area (Å²) in [7, 11) is 0. The van der Waals surface area contributed by atoms with Crippen molar-refractivity contribution < 1.29 is 13.5 Å². The molecule has 0 atom stereocenters. The molecule has 1 aromatic carbocycles. The van der Waals surface area contributed by atoms with Crippen LogP contribution >= 0.6 is 15.9 Å². The van der Waals surface area contributed by atoms with Crippen LogP contribution in [0.25, 0.3) is 0 Å². The van der Waals surface area contributed by atoms with E-state index < -0.39 is 11.6 Å². The summed E-state index contributed by atoms with van der Waals surface area (Å²) >= 11 is 3.02. The lowest BCUT2D eigenvalue weighted by Gasteiger charge is -2.07. The molecule has 0 aliphatic rings. The summed E-state index contributed by atoms with van der Waals surface area (Å²) in [5, 5.41) is 8.76. The number of hydrogen-bond donors (Lipinski definition) is 1. The molecule has 0 radical (unpaired) electrons. The van der Waals surface area contributed by atoms with Crippen LogP contribution in [0.4, 0.5) is 14.5 Å². The van der Waals surface area contributed by atoms with Gasteiger partial charge in [0.1, 0.15) is 6.07 Å². The third kappa shape index (κ3) is 2.80. The molecule has 19 heavy (non-hydrogen) atoms. The Labute approximate surface area is 115 Å². The van der Waals surface area contributed by atoms with Crippen molar-refractivity contribution in [2.45, 2.75) is 0 Å². The van der Waals surface area contributed by atoms with Crippen molar-refractivity contribution in [3.05, 3.63) is 46.1 Å². The molecule has 1 heterocycles. The SMILES string of the molecule is N#Cc1nc(Oc2cc(Br)cc(F)c2F)ccc1N. The van der Waals surface area contributed by atoms with E-state index in [1.165, 1.54) is 18.2 Å². The first kappa shape index (κ1) is 13.2. The molecule has 2 N–H and O–H groups in total. The minimum Gasteiger partial charge on any atom is -0.436 e. The van der Waals surface area contributed by atoms with Gasteiger partial charge in [-0.1, -0.05) is 15.9 Å². The van der Waals surface area contributed by atoms with Gasteiger partial charge in [-0.25, -0.2) is 9.37 Å². The molecule has 2 rings (SSSR count). The number of hydrogen-bond acceptors (Lipinski definition) is 4. The number of nitrogen functional groups attached to an aromatic ring is 1. The molecule has 0 amide bonds. The molecule has 0 saturated carbocycles. The fraction of sp³-hybridized carbons (Fsp3) is 0. The number of aromatic nitrogens is 1. The van der Waals surface area contributed by atoms with Crippen LogP contribution in [-0.2, 0) is 0 Å². The summed E-state index contributed by atoms with van der Waals surface area (Å²) in [6, 6.07) is 6.74. The van der Waals surface area contributed by atoms with Crippen LogP contribution in [-0.4, -0.2) is 4.98 Å². The second-order valence-corrected chi connectivity index (χ2v) is 4.42. The maximum absolute atomic E-state index is 13.5. The Hall–Kier alpha value is -2.20. The van der Waals surface area contributed by atoms with Crippen LogP contribution in [0.5, 0.6) is 11.6 Å². The number of pyridine rings is 1. The van der Waals surface area contributed by atoms with E-state index in [1.54, 1.807) is 6.07 Å². The summed E-state index contributed by atoms with van der Waals surface area (Å²) < 4.78 is 32.1. The van der Waals surface area contributed by atoms with Crippen molar-refractivity contribution in [2.75, 3.05) is 5.73 Å². The highest BCUT2D eigenvalue weighted by molar-refractivity contribution is 9.10. The number of rotatable bonds is 2. The largest absolute Gasteiger partial charge is 0.436 e. The molecule has 0 fully saturated rings. The van der Waals surface area contributed by atoms with Crippen LogP contribution < -0.4 is 10.5 Å². The third-order valence-corrected chi connectivity index (χ3v) is 2.64. The van der Waals surface area contributed by atoms with Gasteiger partial charge in [0, 0.05) is 10.5 Å². The standard InChI is InChI=1S/C12H6BrF2N3O/c13-6-3-7(14)12(15)10(4-6)19-11-2-1-8(17)9(5-16)18-11/h1-4H,17H2. The van der Waals surface area contributed by atoms with Gasteiger partial charge in [-0.15, -0.1) is 0 Å². The maximum atomic E-state index is 13.5. The number of nitrogens with zero attached hydrogens (tertiary/aromatic N) is 2. The van der Waals surface area contributed by atoms with E-state index in [0.717, 1.165) is 6.07 Å². The Morgan fingerprint density at radius 3 is 2.74 bits per heavy atom. The molecular formula is C12H6BrF2N3O. The third-order valence-electron chi connectivity index (χ3n) is 2.18. The van der Waals surface area contributed by atoms with E-state index in [4.69, 9.17) is 15.7 Å². The normalized spacial score (nSPS) is 10.0. The Morgan fingerprint density at radius 1 is 1.32 bits per heavy atom. The number of benzene rings is 1. The maximum Gasteiger partial charge on any atom is 0.220 e. The summed E-state index contributed by atoms with van der Waals surface area (Å²) in [6.45, 7) is 0. The predicted octanol–water partition coefficient (Wildman–Crippen LogP) is 3.37. The predicted molar refractivity (Wildman–Crippen MR) is 67.5 cm³/mol. The Kier molecular flexibility index (Phi) is 3.62. The average Bonchev–Trinajstić information content (AvgIpc) is 2.37. The second kappa shape index (κ2) is 5.20. The lowest BCUT2D eigenvalue weighted by atomic mass is 10.3. The molecule has 1 aromatic heterocycles. The monoisotopic (exact) mass is 325 g/mol. The molecule has 0 aliphatic carbocycles. The first-order valence-electron chi connectivity index (χ1n) is 5.00. The molecule has 96 valence electrons. The smallest absolute Gasteiger partial charge is 0.220 e. The van der Waals surface area contributed by atoms with Crippen LogP contribution in [0.1, 0.15) is 5.69 Å². The highest BCUT2D eigenvalue weighted by Crippen LogP contribution is 2.29. The first-order valence-corrected chi connectivity index (χ1v) is 5.79. The Morgan fingerprint density at radius 2 is 2.05 bits per heavy atom. The van der Waals surface area contributed by atoms with Gasteiger partial charge in [-0.3, -0.25) is 0 Å². The van der Waals surface area contributed by atoms with E-state index in [1.807, 2.05) is 0 Å². The fourth-order valence-corrected chi connectivity index (χ4v) is 1.73. The molecule has 0 unspecified atom stereocenters. The highest BCUT2D eigenvalue weighted by atomic mass is 79.9. The molecule has 7 heteroatoms. The summed E-state index contributed by atoms with van der Waals surface area (Å²) in [5.41, 5.74) is 5.62. The van der Waals surface area contributed by atoms with E-state index in [-0.39, 0.29) is 23.0 Å². The van der Waals surface area contributed by atoms with Crippen molar-refractivity contribution in [1.82, 2.24) is 4.98 Å². The topological polar surface area (TPSA) is 71.9 Å². The van der Waals surface area contributed by atoms with E-state index in [9.17, 15) is 8.78 Å². The summed E-state index contributed by atoms with van der Waals surface area (Å²) in [4.78, 5) is 3.77. The van der Waals surface area contributed by atoms with Gasteiger partial charge in [-0.2, -0.15) is 9.65 Å². The highest BCUT2D eigenvalue weighted by Gasteiger charge is 2.13. The Bertz CT molecular complexity index is 685. The average molecular weight is 326 g/mol. The number of halogens is 3. The minimum absolute atomic E-state index is 0.0478. The molecule has 4 nitrogen and oxygen atoms in total. The van der Waals surface area contributed by atoms with E-state index in [0.29, 0.717) is 4.47 Å². The second-order valence-electron chi connectivity index (χ2n) is 3.50. The number of ether oxygens (including phenoxy) is 1. The zero-order valence-corrected chi connectivity index (χ0v) is 10.9. The molecular weight excluding hydrogens is 320 g/mol. The lowest BCUT2D eigenvalue weighted by Crippen LogP contribution is -1.98. The van der Waals surface area contributed by atoms with Crippen LogP contribution in [0, 0.1) is 23.0 Å². The van der Waals surface area contributed by atoms with Crippen LogP contribution in [0.2, 0.25) is 0 Å². The van der Waals surface area contributed by atoms with Crippen molar-refractivity contribution in [3.8, 4) is 17.7 Å². The number of nitrogens with two attached hydrogens (primary N) is 1. The minimum atomic E-state index is -1.14. The quantitative estimate of drug-likeness (QED) is 0.859. The van der Waals surface area contributed by atoms with Gasteiger partial charge >= 0.3 is 0 Å². The van der Waals surface area contributed by atoms with Gasteiger partial charge in [-0.05, 0) is 18.2 Å². The molecule has 2 aromatic rings. The van der Waals surface area contributed by atoms with E-state index in [2.05, 4.69) is 20.9 Å². The van der Waals surface area contributed by atoms with Crippen molar-refractivity contribution in [1.29, 1.82) is 5.26 Å².